The lowest BCUT2D eigenvalue weighted by Gasteiger charge is -2.17. The number of hydrogen-bond donors (Lipinski definition) is 1. The van der Waals surface area contributed by atoms with Crippen LogP contribution in [0.15, 0.2) is 83.0 Å². The molecular formula is C25H24N4O3S. The number of fused-ring (bicyclic) bond motifs is 1. The van der Waals surface area contributed by atoms with Crippen molar-refractivity contribution in [1.82, 2.24) is 14.5 Å². The number of amides is 1. The molecule has 2 aromatic carbocycles. The van der Waals surface area contributed by atoms with Gasteiger partial charge in [0, 0.05) is 12.4 Å². The van der Waals surface area contributed by atoms with Crippen molar-refractivity contribution in [2.75, 3.05) is 11.9 Å². The van der Waals surface area contributed by atoms with Crippen LogP contribution in [0.4, 0.5) is 5.69 Å². The molecule has 4 rings (SSSR count). The van der Waals surface area contributed by atoms with Gasteiger partial charge in [0.1, 0.15) is 5.75 Å². The number of benzene rings is 2. The van der Waals surface area contributed by atoms with Gasteiger partial charge in [0.05, 0.1) is 35.0 Å². The number of pyridine rings is 1. The highest BCUT2D eigenvalue weighted by molar-refractivity contribution is 8.00. The minimum absolute atomic E-state index is 0.152. The number of carbonyl (C=O) groups excluding carboxylic acids is 1. The van der Waals surface area contributed by atoms with Gasteiger partial charge < -0.3 is 10.1 Å². The van der Waals surface area contributed by atoms with Crippen LogP contribution in [-0.2, 0) is 11.3 Å². The lowest BCUT2D eigenvalue weighted by Crippen LogP contribution is -2.27. The average molecular weight is 461 g/mol. The van der Waals surface area contributed by atoms with E-state index >= 15 is 0 Å². The standard InChI is InChI=1S/C25H24N4O3S/c1-3-32-22-13-7-6-12-21(22)27-23(30)17(2)33-25-28-20-11-5-4-10-19(20)24(31)29(25)16-18-9-8-14-26-15-18/h4-15,17H,3,16H2,1-2H3,(H,27,30). The summed E-state index contributed by atoms with van der Waals surface area (Å²) in [5, 5.41) is 3.43. The number of thioether (sulfide) groups is 1. The zero-order valence-corrected chi connectivity index (χ0v) is 19.2. The Balaban J connectivity index is 1.64. The topological polar surface area (TPSA) is 86.1 Å². The molecule has 4 aromatic rings. The Bertz CT molecular complexity index is 1320. The molecule has 0 spiro atoms. The van der Waals surface area contributed by atoms with Crippen LogP contribution in [0.5, 0.6) is 5.75 Å². The summed E-state index contributed by atoms with van der Waals surface area (Å²) in [6, 6.07) is 18.3. The number of anilines is 1. The van der Waals surface area contributed by atoms with Gasteiger partial charge >= 0.3 is 0 Å². The van der Waals surface area contributed by atoms with E-state index in [0.29, 0.717) is 40.6 Å². The fourth-order valence-electron chi connectivity index (χ4n) is 3.35. The lowest BCUT2D eigenvalue weighted by atomic mass is 10.2. The zero-order chi connectivity index (χ0) is 23.2. The third kappa shape index (κ3) is 5.23. The minimum Gasteiger partial charge on any atom is -0.492 e. The first-order valence-electron chi connectivity index (χ1n) is 10.6. The van der Waals surface area contributed by atoms with Crippen LogP contribution in [0.1, 0.15) is 19.4 Å². The maximum Gasteiger partial charge on any atom is 0.262 e. The molecular weight excluding hydrogens is 436 g/mol. The molecule has 1 unspecified atom stereocenters. The quantitative estimate of drug-likeness (QED) is 0.311. The van der Waals surface area contributed by atoms with Crippen molar-refractivity contribution in [1.29, 1.82) is 0 Å². The van der Waals surface area contributed by atoms with E-state index in [4.69, 9.17) is 9.72 Å². The highest BCUT2D eigenvalue weighted by atomic mass is 32.2. The summed E-state index contributed by atoms with van der Waals surface area (Å²) in [4.78, 5) is 35.1. The molecule has 0 aliphatic rings. The molecule has 1 atom stereocenters. The van der Waals surface area contributed by atoms with Crippen molar-refractivity contribution >= 4 is 34.3 Å². The summed E-state index contributed by atoms with van der Waals surface area (Å²) in [6.45, 7) is 4.50. The number of para-hydroxylation sites is 3. The van der Waals surface area contributed by atoms with Gasteiger partial charge in [-0.3, -0.25) is 19.1 Å². The monoisotopic (exact) mass is 460 g/mol. The molecule has 1 N–H and O–H groups in total. The Morgan fingerprint density at radius 1 is 1.12 bits per heavy atom. The van der Waals surface area contributed by atoms with E-state index in [0.717, 1.165) is 5.56 Å². The summed E-state index contributed by atoms with van der Waals surface area (Å²) in [6.07, 6.45) is 3.41. The molecule has 7 nitrogen and oxygen atoms in total. The Morgan fingerprint density at radius 3 is 2.70 bits per heavy atom. The Hall–Kier alpha value is -3.65. The number of ether oxygens (including phenoxy) is 1. The third-order valence-corrected chi connectivity index (χ3v) is 6.08. The third-order valence-electron chi connectivity index (χ3n) is 4.99. The highest BCUT2D eigenvalue weighted by Gasteiger charge is 2.21. The molecule has 0 saturated heterocycles. The maximum absolute atomic E-state index is 13.3. The van der Waals surface area contributed by atoms with Crippen molar-refractivity contribution in [3.8, 4) is 5.75 Å². The first kappa shape index (κ1) is 22.5. The van der Waals surface area contributed by atoms with E-state index in [9.17, 15) is 9.59 Å². The molecule has 0 saturated carbocycles. The van der Waals surface area contributed by atoms with E-state index in [-0.39, 0.29) is 11.5 Å². The normalized spacial score (nSPS) is 11.8. The Morgan fingerprint density at radius 2 is 1.91 bits per heavy atom. The first-order valence-corrected chi connectivity index (χ1v) is 11.5. The minimum atomic E-state index is -0.507. The van der Waals surface area contributed by atoms with Crippen LogP contribution in [0.2, 0.25) is 0 Å². The molecule has 8 heteroatoms. The SMILES string of the molecule is CCOc1ccccc1NC(=O)C(C)Sc1nc2ccccc2c(=O)n1Cc1cccnc1. The highest BCUT2D eigenvalue weighted by Crippen LogP contribution is 2.27. The van der Waals surface area contributed by atoms with Gasteiger partial charge in [0.2, 0.25) is 5.91 Å². The van der Waals surface area contributed by atoms with Crippen molar-refractivity contribution < 1.29 is 9.53 Å². The molecule has 1 amide bonds. The maximum atomic E-state index is 13.3. The van der Waals surface area contributed by atoms with Crippen LogP contribution in [-0.4, -0.2) is 32.3 Å². The number of nitrogens with zero attached hydrogens (tertiary/aromatic N) is 3. The summed E-state index contributed by atoms with van der Waals surface area (Å²) < 4.78 is 7.20. The second kappa shape index (κ2) is 10.3. The van der Waals surface area contributed by atoms with Crippen LogP contribution >= 0.6 is 11.8 Å². The summed E-state index contributed by atoms with van der Waals surface area (Å²) in [5.74, 6) is 0.408. The van der Waals surface area contributed by atoms with E-state index in [1.165, 1.54) is 11.8 Å². The second-order valence-corrected chi connectivity index (χ2v) is 8.65. The molecule has 0 aliphatic heterocycles. The molecule has 168 valence electrons. The van der Waals surface area contributed by atoms with Crippen LogP contribution in [0, 0.1) is 0 Å². The molecule has 2 aromatic heterocycles. The number of rotatable bonds is 8. The Kier molecular flexibility index (Phi) is 7.04. The molecule has 33 heavy (non-hydrogen) atoms. The van der Waals surface area contributed by atoms with Crippen LogP contribution in [0.25, 0.3) is 10.9 Å². The summed E-state index contributed by atoms with van der Waals surface area (Å²) in [5.41, 5.74) is 1.93. The van der Waals surface area contributed by atoms with Gasteiger partial charge in [-0.05, 0) is 49.7 Å². The second-order valence-electron chi connectivity index (χ2n) is 7.34. The molecule has 0 radical (unpaired) electrons. The van der Waals surface area contributed by atoms with Gasteiger partial charge in [0.25, 0.3) is 5.56 Å². The zero-order valence-electron chi connectivity index (χ0n) is 18.4. The predicted octanol–water partition coefficient (Wildman–Crippen LogP) is 4.36. The van der Waals surface area contributed by atoms with Gasteiger partial charge in [-0.2, -0.15) is 0 Å². The van der Waals surface area contributed by atoms with Crippen LogP contribution < -0.4 is 15.6 Å². The largest absolute Gasteiger partial charge is 0.492 e. The predicted molar refractivity (Wildman–Crippen MR) is 131 cm³/mol. The summed E-state index contributed by atoms with van der Waals surface area (Å²) in [7, 11) is 0. The van der Waals surface area contributed by atoms with Crippen LogP contribution in [0.3, 0.4) is 0 Å². The van der Waals surface area contributed by atoms with Gasteiger partial charge in [-0.25, -0.2) is 4.98 Å². The average Bonchev–Trinajstić information content (AvgIpc) is 2.83. The first-order chi connectivity index (χ1) is 16.1. The molecule has 0 bridgehead atoms. The van der Waals surface area contributed by atoms with E-state index in [1.54, 1.807) is 42.1 Å². The van der Waals surface area contributed by atoms with E-state index < -0.39 is 5.25 Å². The lowest BCUT2D eigenvalue weighted by molar-refractivity contribution is -0.115. The fraction of sp³-hybridized carbons (Fsp3) is 0.200. The fourth-order valence-corrected chi connectivity index (χ4v) is 4.26. The van der Waals surface area contributed by atoms with E-state index in [2.05, 4.69) is 10.3 Å². The molecule has 0 fully saturated rings. The van der Waals surface area contributed by atoms with Crippen molar-refractivity contribution in [2.45, 2.75) is 30.8 Å². The van der Waals surface area contributed by atoms with Gasteiger partial charge in [0.15, 0.2) is 5.16 Å². The van der Waals surface area contributed by atoms with Crippen molar-refractivity contribution in [3.63, 3.8) is 0 Å². The van der Waals surface area contributed by atoms with E-state index in [1.807, 2.05) is 49.4 Å². The van der Waals surface area contributed by atoms with Crippen molar-refractivity contribution in [2.24, 2.45) is 0 Å². The summed E-state index contributed by atoms with van der Waals surface area (Å²) >= 11 is 1.24. The number of aromatic nitrogens is 3. The van der Waals surface area contributed by atoms with Gasteiger partial charge in [-0.15, -0.1) is 0 Å². The van der Waals surface area contributed by atoms with Gasteiger partial charge in [-0.1, -0.05) is 42.1 Å². The number of hydrogen-bond acceptors (Lipinski definition) is 6. The van der Waals surface area contributed by atoms with Crippen molar-refractivity contribution in [3.05, 3.63) is 89.0 Å². The Labute approximate surface area is 195 Å². The smallest absolute Gasteiger partial charge is 0.262 e. The molecule has 2 heterocycles. The molecule has 0 aliphatic carbocycles. The number of nitrogens with one attached hydrogen (secondary N) is 1. The number of carbonyl (C=O) groups is 1.